The fourth-order valence-corrected chi connectivity index (χ4v) is 7.80. The number of hydrogen-bond donors (Lipinski definition) is 0. The Labute approximate surface area is 293 Å². The van der Waals surface area contributed by atoms with Crippen LogP contribution < -0.4 is 0 Å². The van der Waals surface area contributed by atoms with Gasteiger partial charge in [-0.15, -0.1) is 0 Å². The molecule has 3 heteroatoms. The lowest BCUT2D eigenvalue weighted by Gasteiger charge is -2.48. The highest BCUT2D eigenvalue weighted by atomic mass is 15.0. The van der Waals surface area contributed by atoms with Crippen molar-refractivity contribution in [1.29, 1.82) is 0 Å². The van der Waals surface area contributed by atoms with Gasteiger partial charge >= 0.3 is 0 Å². The summed E-state index contributed by atoms with van der Waals surface area (Å²) < 4.78 is 0. The largest absolute Gasteiger partial charge is 0.208 e. The second kappa shape index (κ2) is 11.3. The molecule has 0 saturated heterocycles. The van der Waals surface area contributed by atoms with Gasteiger partial charge in [-0.2, -0.15) is 0 Å². The van der Waals surface area contributed by atoms with Crippen molar-refractivity contribution in [2.75, 3.05) is 0 Å². The van der Waals surface area contributed by atoms with Crippen LogP contribution in [0.1, 0.15) is 38.8 Å². The summed E-state index contributed by atoms with van der Waals surface area (Å²) in [6.07, 6.45) is 0. The maximum atomic E-state index is 4.92. The van der Waals surface area contributed by atoms with Gasteiger partial charge in [0.15, 0.2) is 17.5 Å². The molecule has 1 heterocycles. The number of benzene rings is 7. The molecule has 240 valence electrons. The number of fused-ring (bicyclic) bond motifs is 7. The molecule has 0 bridgehead atoms. The Bertz CT molecular complexity index is 2510. The third-order valence-electron chi connectivity index (χ3n) is 11.3. The van der Waals surface area contributed by atoms with Gasteiger partial charge in [0.2, 0.25) is 0 Å². The highest BCUT2D eigenvalue weighted by Gasteiger charge is 2.46. The summed E-state index contributed by atoms with van der Waals surface area (Å²) in [7, 11) is 0. The van der Waals surface area contributed by atoms with Gasteiger partial charge in [-0.3, -0.25) is 0 Å². The molecule has 1 aliphatic rings. The maximum Gasteiger partial charge on any atom is 0.164 e. The summed E-state index contributed by atoms with van der Waals surface area (Å²) in [6, 6.07) is 54.0. The summed E-state index contributed by atoms with van der Waals surface area (Å²) in [5.41, 5.74) is 10.8. The Hall–Kier alpha value is -5.93. The van der Waals surface area contributed by atoms with Crippen molar-refractivity contribution < 1.29 is 0 Å². The molecule has 0 atom stereocenters. The van der Waals surface area contributed by atoms with E-state index in [1.807, 2.05) is 60.7 Å². The van der Waals surface area contributed by atoms with Crippen molar-refractivity contribution in [2.24, 2.45) is 0 Å². The first-order valence-electron chi connectivity index (χ1n) is 17.4. The molecule has 0 spiro atoms. The quantitative estimate of drug-likeness (QED) is 0.179. The highest BCUT2D eigenvalue weighted by Crippen LogP contribution is 2.56. The monoisotopic (exact) mass is 643 g/mol. The number of aromatic nitrogens is 3. The van der Waals surface area contributed by atoms with Gasteiger partial charge in [0.25, 0.3) is 0 Å². The van der Waals surface area contributed by atoms with Gasteiger partial charge < -0.3 is 0 Å². The number of rotatable bonds is 4. The summed E-state index contributed by atoms with van der Waals surface area (Å²) in [4.78, 5) is 14.7. The van der Waals surface area contributed by atoms with Crippen molar-refractivity contribution in [3.63, 3.8) is 0 Å². The predicted octanol–water partition coefficient (Wildman–Crippen LogP) is 12.1. The van der Waals surface area contributed by atoms with Gasteiger partial charge in [-0.25, -0.2) is 15.0 Å². The molecule has 1 aliphatic carbocycles. The molecule has 0 radical (unpaired) electrons. The first-order valence-corrected chi connectivity index (χ1v) is 17.4. The van der Waals surface area contributed by atoms with E-state index in [9.17, 15) is 0 Å². The summed E-state index contributed by atoms with van der Waals surface area (Å²) in [5, 5.41) is 5.15. The minimum absolute atomic E-state index is 0.00170. The molecule has 7 aromatic carbocycles. The summed E-state index contributed by atoms with van der Waals surface area (Å²) in [6.45, 7) is 9.60. The number of nitrogens with zero attached hydrogens (tertiary/aromatic N) is 3. The van der Waals surface area contributed by atoms with E-state index in [2.05, 4.69) is 119 Å². The van der Waals surface area contributed by atoms with Crippen LogP contribution in [0.25, 0.3) is 78.0 Å². The Balaban J connectivity index is 1.14. The molecule has 0 aliphatic heterocycles. The molecular weight excluding hydrogens is 607 g/mol. The van der Waals surface area contributed by atoms with Gasteiger partial charge in [0.1, 0.15) is 0 Å². The number of hydrogen-bond acceptors (Lipinski definition) is 3. The lowest BCUT2D eigenvalue weighted by atomic mass is 9.55. The second-order valence-corrected chi connectivity index (χ2v) is 14.5. The van der Waals surface area contributed by atoms with Crippen LogP contribution in [0.5, 0.6) is 0 Å². The van der Waals surface area contributed by atoms with E-state index >= 15 is 0 Å². The van der Waals surface area contributed by atoms with E-state index in [4.69, 9.17) is 15.0 Å². The van der Waals surface area contributed by atoms with Crippen molar-refractivity contribution in [1.82, 2.24) is 15.0 Å². The smallest absolute Gasteiger partial charge is 0.164 e. The standard InChI is InChI=1S/C47H37N3/c1-46(2)39-18-12-11-17-38(39)42-40(47(46,3)4)28-26-31-21-24-36-29-35(25-27-37(36)41(31)42)30-19-22-34(23-20-30)45-49-43(32-13-7-5-8-14-32)48-44(50-45)33-15-9-6-10-16-33/h5-29H,1-4H3. The van der Waals surface area contributed by atoms with E-state index in [1.165, 1.54) is 49.4 Å². The van der Waals surface area contributed by atoms with Crippen molar-refractivity contribution >= 4 is 21.5 Å². The molecule has 9 rings (SSSR count). The minimum atomic E-state index is -0.0308. The zero-order valence-electron chi connectivity index (χ0n) is 28.8. The first kappa shape index (κ1) is 30.2. The van der Waals surface area contributed by atoms with Gasteiger partial charge in [0.05, 0.1) is 0 Å². The van der Waals surface area contributed by atoms with Crippen LogP contribution in [0.4, 0.5) is 0 Å². The van der Waals surface area contributed by atoms with E-state index in [0.29, 0.717) is 17.5 Å². The van der Waals surface area contributed by atoms with Gasteiger partial charge in [-0.1, -0.05) is 173 Å². The van der Waals surface area contributed by atoms with Crippen LogP contribution in [-0.4, -0.2) is 15.0 Å². The molecule has 0 fully saturated rings. The van der Waals surface area contributed by atoms with E-state index in [1.54, 1.807) is 0 Å². The highest BCUT2D eigenvalue weighted by molar-refractivity contribution is 6.16. The maximum absolute atomic E-state index is 4.92. The molecule has 0 unspecified atom stereocenters. The first-order chi connectivity index (χ1) is 24.3. The molecule has 0 N–H and O–H groups in total. The van der Waals surface area contributed by atoms with Crippen molar-refractivity contribution in [3.8, 4) is 56.4 Å². The Morgan fingerprint density at radius 2 is 0.860 bits per heavy atom. The molecule has 50 heavy (non-hydrogen) atoms. The predicted molar refractivity (Wildman–Crippen MR) is 208 cm³/mol. The van der Waals surface area contributed by atoms with Gasteiger partial charge in [0, 0.05) is 16.7 Å². The molecule has 8 aromatic rings. The summed E-state index contributed by atoms with van der Waals surface area (Å²) in [5.74, 6) is 1.99. The SMILES string of the molecule is CC1(C)c2ccccc2-c2c(ccc3ccc4cc(-c5ccc(-c6nc(-c7ccccc7)nc(-c7ccccc7)n6)cc5)ccc4c23)C1(C)C. The van der Waals surface area contributed by atoms with Crippen LogP contribution in [0.15, 0.2) is 152 Å². The lowest BCUT2D eigenvalue weighted by molar-refractivity contribution is 0.299. The Morgan fingerprint density at radius 3 is 1.50 bits per heavy atom. The molecule has 3 nitrogen and oxygen atoms in total. The summed E-state index contributed by atoms with van der Waals surface area (Å²) >= 11 is 0. The second-order valence-electron chi connectivity index (χ2n) is 14.5. The average molecular weight is 644 g/mol. The normalized spacial score (nSPS) is 14.3. The zero-order valence-corrected chi connectivity index (χ0v) is 28.8. The minimum Gasteiger partial charge on any atom is -0.208 e. The molecule has 1 aromatic heterocycles. The van der Waals surface area contributed by atoms with E-state index in [0.717, 1.165) is 22.3 Å². The molecule has 0 amide bonds. The van der Waals surface area contributed by atoms with E-state index in [-0.39, 0.29) is 10.8 Å². The van der Waals surface area contributed by atoms with Crippen LogP contribution in [0, 0.1) is 0 Å². The van der Waals surface area contributed by atoms with Crippen LogP contribution >= 0.6 is 0 Å². The zero-order chi connectivity index (χ0) is 34.0. The third-order valence-corrected chi connectivity index (χ3v) is 11.3. The third kappa shape index (κ3) is 4.69. The Morgan fingerprint density at radius 1 is 0.380 bits per heavy atom. The van der Waals surface area contributed by atoms with Gasteiger partial charge in [-0.05, 0) is 71.8 Å². The Kier molecular flexibility index (Phi) is 6.82. The van der Waals surface area contributed by atoms with Crippen LogP contribution in [-0.2, 0) is 10.8 Å². The molecular formula is C47H37N3. The average Bonchev–Trinajstić information content (AvgIpc) is 3.17. The van der Waals surface area contributed by atoms with Crippen molar-refractivity contribution in [3.05, 3.63) is 163 Å². The fraction of sp³-hybridized carbons (Fsp3) is 0.128. The molecule has 0 saturated carbocycles. The van der Waals surface area contributed by atoms with Crippen LogP contribution in [0.3, 0.4) is 0 Å². The van der Waals surface area contributed by atoms with Crippen molar-refractivity contribution in [2.45, 2.75) is 38.5 Å². The van der Waals surface area contributed by atoms with Crippen LogP contribution in [0.2, 0.25) is 0 Å². The van der Waals surface area contributed by atoms with E-state index < -0.39 is 0 Å². The topological polar surface area (TPSA) is 38.7 Å². The lowest BCUT2D eigenvalue weighted by Crippen LogP contribution is -2.43. The fourth-order valence-electron chi connectivity index (χ4n) is 7.80.